The Kier molecular flexibility index (Phi) is 6.21. The van der Waals surface area contributed by atoms with E-state index in [1.165, 1.54) is 58.2 Å². The first-order valence-electron chi connectivity index (χ1n) is 5.87. The molecule has 1 rings (SSSR count). The Balaban J connectivity index is 1.86. The molecule has 13 heavy (non-hydrogen) atoms. The molecule has 2 nitrogen and oxygen atoms in total. The van der Waals surface area contributed by atoms with E-state index in [4.69, 9.17) is 0 Å². The largest absolute Gasteiger partial charge is 0.317 e. The Bertz CT molecular complexity index is 109. The summed E-state index contributed by atoms with van der Waals surface area (Å²) < 4.78 is 0. The summed E-state index contributed by atoms with van der Waals surface area (Å²) in [7, 11) is 0. The van der Waals surface area contributed by atoms with Gasteiger partial charge in [-0.2, -0.15) is 0 Å². The zero-order chi connectivity index (χ0) is 9.36. The van der Waals surface area contributed by atoms with Gasteiger partial charge in [-0.25, -0.2) is 0 Å². The molecule has 0 aromatic heterocycles. The molecule has 1 aliphatic heterocycles. The molecule has 1 saturated heterocycles. The van der Waals surface area contributed by atoms with Gasteiger partial charge in [0.1, 0.15) is 0 Å². The molecule has 78 valence electrons. The van der Waals surface area contributed by atoms with Gasteiger partial charge in [0.15, 0.2) is 0 Å². The van der Waals surface area contributed by atoms with E-state index in [-0.39, 0.29) is 0 Å². The van der Waals surface area contributed by atoms with Gasteiger partial charge in [0, 0.05) is 6.04 Å². The fraction of sp³-hybridized carbons (Fsp3) is 1.00. The minimum atomic E-state index is 0.817. The van der Waals surface area contributed by atoms with Gasteiger partial charge in [-0.1, -0.05) is 13.3 Å². The topological polar surface area (TPSA) is 24.1 Å². The average molecular weight is 184 g/mol. The van der Waals surface area contributed by atoms with Crippen molar-refractivity contribution in [2.24, 2.45) is 0 Å². The summed E-state index contributed by atoms with van der Waals surface area (Å²) in [4.78, 5) is 0. The molecule has 0 spiro atoms. The van der Waals surface area contributed by atoms with E-state index >= 15 is 0 Å². The summed E-state index contributed by atoms with van der Waals surface area (Å²) in [5, 5.41) is 7.03. The van der Waals surface area contributed by atoms with Crippen molar-refractivity contribution < 1.29 is 0 Å². The van der Waals surface area contributed by atoms with Crippen LogP contribution < -0.4 is 10.6 Å². The first-order valence-corrected chi connectivity index (χ1v) is 5.87. The predicted octanol–water partition coefficient (Wildman–Crippen LogP) is 1.91. The van der Waals surface area contributed by atoms with Crippen LogP contribution in [0.5, 0.6) is 0 Å². The first kappa shape index (κ1) is 11.0. The second-order valence-electron chi connectivity index (χ2n) is 4.04. The van der Waals surface area contributed by atoms with Crippen molar-refractivity contribution >= 4 is 0 Å². The van der Waals surface area contributed by atoms with Gasteiger partial charge < -0.3 is 10.6 Å². The molecule has 1 atom stereocenters. The minimum Gasteiger partial charge on any atom is -0.317 e. The van der Waals surface area contributed by atoms with E-state index in [0.717, 1.165) is 6.04 Å². The highest BCUT2D eigenvalue weighted by Crippen LogP contribution is 2.10. The molecule has 0 amide bonds. The summed E-state index contributed by atoms with van der Waals surface area (Å²) in [6.45, 7) is 5.84. The van der Waals surface area contributed by atoms with Crippen LogP contribution in [0, 0.1) is 0 Å². The van der Waals surface area contributed by atoms with E-state index in [2.05, 4.69) is 17.6 Å². The fourth-order valence-corrected chi connectivity index (χ4v) is 1.95. The van der Waals surface area contributed by atoms with Gasteiger partial charge in [0.25, 0.3) is 0 Å². The number of nitrogens with one attached hydrogen (secondary N) is 2. The van der Waals surface area contributed by atoms with Crippen LogP contribution in [0.25, 0.3) is 0 Å². The average Bonchev–Trinajstić information content (AvgIpc) is 2.19. The van der Waals surface area contributed by atoms with Crippen molar-refractivity contribution in [1.82, 2.24) is 10.6 Å². The smallest absolute Gasteiger partial charge is 0.00675 e. The summed E-state index contributed by atoms with van der Waals surface area (Å²) in [5.74, 6) is 0. The maximum atomic E-state index is 3.58. The Hall–Kier alpha value is -0.0800. The van der Waals surface area contributed by atoms with Crippen LogP contribution in [-0.2, 0) is 0 Å². The Labute approximate surface area is 82.5 Å². The van der Waals surface area contributed by atoms with Gasteiger partial charge in [-0.05, 0) is 51.7 Å². The number of hydrogen-bond donors (Lipinski definition) is 2. The van der Waals surface area contributed by atoms with Gasteiger partial charge in [0.2, 0.25) is 0 Å². The lowest BCUT2D eigenvalue weighted by Crippen LogP contribution is -2.34. The summed E-state index contributed by atoms with van der Waals surface area (Å²) in [6, 6.07) is 0.817. The molecule has 2 heteroatoms. The minimum absolute atomic E-state index is 0.817. The third kappa shape index (κ3) is 5.27. The van der Waals surface area contributed by atoms with Crippen LogP contribution in [0.2, 0.25) is 0 Å². The Morgan fingerprint density at radius 3 is 2.92 bits per heavy atom. The van der Waals surface area contributed by atoms with E-state index in [0.29, 0.717) is 0 Å². The van der Waals surface area contributed by atoms with Crippen LogP contribution in [-0.4, -0.2) is 25.7 Å². The molecule has 0 saturated carbocycles. The van der Waals surface area contributed by atoms with E-state index in [9.17, 15) is 0 Å². The third-order valence-electron chi connectivity index (χ3n) is 2.75. The highest BCUT2D eigenvalue weighted by atomic mass is 14.9. The lowest BCUT2D eigenvalue weighted by Gasteiger charge is -2.23. The van der Waals surface area contributed by atoms with Crippen molar-refractivity contribution in [2.45, 2.75) is 51.5 Å². The van der Waals surface area contributed by atoms with Crippen molar-refractivity contribution in [2.75, 3.05) is 19.6 Å². The molecule has 1 aliphatic rings. The fourth-order valence-electron chi connectivity index (χ4n) is 1.95. The molecule has 2 N–H and O–H groups in total. The van der Waals surface area contributed by atoms with E-state index < -0.39 is 0 Å². The summed E-state index contributed by atoms with van der Waals surface area (Å²) in [5.41, 5.74) is 0. The van der Waals surface area contributed by atoms with Crippen LogP contribution >= 0.6 is 0 Å². The van der Waals surface area contributed by atoms with Crippen molar-refractivity contribution in [3.05, 3.63) is 0 Å². The third-order valence-corrected chi connectivity index (χ3v) is 2.75. The summed E-state index contributed by atoms with van der Waals surface area (Å²) >= 11 is 0. The highest BCUT2D eigenvalue weighted by molar-refractivity contribution is 4.72. The maximum Gasteiger partial charge on any atom is 0.00675 e. The van der Waals surface area contributed by atoms with Gasteiger partial charge in [-0.3, -0.25) is 0 Å². The van der Waals surface area contributed by atoms with Crippen molar-refractivity contribution in [3.8, 4) is 0 Å². The van der Waals surface area contributed by atoms with Crippen LogP contribution in [0.1, 0.15) is 45.4 Å². The molecule has 0 aliphatic carbocycles. The molecule has 0 aromatic carbocycles. The van der Waals surface area contributed by atoms with E-state index in [1.54, 1.807) is 0 Å². The van der Waals surface area contributed by atoms with Crippen LogP contribution in [0.4, 0.5) is 0 Å². The zero-order valence-corrected chi connectivity index (χ0v) is 8.94. The second kappa shape index (κ2) is 7.34. The molecular formula is C11H24N2. The highest BCUT2D eigenvalue weighted by Gasteiger charge is 2.10. The molecule has 1 unspecified atom stereocenters. The molecule has 1 heterocycles. The number of piperidine rings is 1. The van der Waals surface area contributed by atoms with Gasteiger partial charge in [0.05, 0.1) is 0 Å². The number of hydrogen-bond acceptors (Lipinski definition) is 2. The normalized spacial score (nSPS) is 23.3. The lowest BCUT2D eigenvalue weighted by molar-refractivity contribution is 0.373. The van der Waals surface area contributed by atoms with Crippen LogP contribution in [0.3, 0.4) is 0 Å². The van der Waals surface area contributed by atoms with Crippen molar-refractivity contribution in [3.63, 3.8) is 0 Å². The molecule has 0 aromatic rings. The molecular weight excluding hydrogens is 160 g/mol. The van der Waals surface area contributed by atoms with Crippen LogP contribution in [0.15, 0.2) is 0 Å². The summed E-state index contributed by atoms with van der Waals surface area (Å²) in [6.07, 6.45) is 8.15. The molecule has 0 bridgehead atoms. The first-order chi connectivity index (χ1) is 6.43. The van der Waals surface area contributed by atoms with Crippen molar-refractivity contribution in [1.29, 1.82) is 0 Å². The van der Waals surface area contributed by atoms with Gasteiger partial charge in [-0.15, -0.1) is 0 Å². The monoisotopic (exact) mass is 184 g/mol. The quantitative estimate of drug-likeness (QED) is 0.616. The standard InChI is InChI=1S/C11H24N2/c1-2-8-12-9-5-7-11-6-3-4-10-13-11/h11-13H,2-10H2,1H3. The molecule has 1 fully saturated rings. The maximum absolute atomic E-state index is 3.58. The second-order valence-corrected chi connectivity index (χ2v) is 4.04. The predicted molar refractivity (Wildman–Crippen MR) is 58.0 cm³/mol. The SMILES string of the molecule is CCCNCCCC1CCCCN1. The Morgan fingerprint density at radius 1 is 1.31 bits per heavy atom. The lowest BCUT2D eigenvalue weighted by atomic mass is 10.0. The molecule has 0 radical (unpaired) electrons. The Morgan fingerprint density at radius 2 is 2.23 bits per heavy atom. The zero-order valence-electron chi connectivity index (χ0n) is 8.94. The van der Waals surface area contributed by atoms with Gasteiger partial charge >= 0.3 is 0 Å². The van der Waals surface area contributed by atoms with E-state index in [1.807, 2.05) is 0 Å². The number of rotatable bonds is 6.